The minimum atomic E-state index is -0.745. The lowest BCUT2D eigenvalue weighted by molar-refractivity contribution is 0.102. The van der Waals surface area contributed by atoms with Crippen molar-refractivity contribution in [2.24, 2.45) is 5.73 Å². The van der Waals surface area contributed by atoms with Gasteiger partial charge in [-0.3, -0.25) is 4.90 Å². The Bertz CT molecular complexity index is 628. The van der Waals surface area contributed by atoms with E-state index in [1.165, 1.54) is 0 Å². The van der Waals surface area contributed by atoms with Gasteiger partial charge in [0.05, 0.1) is 0 Å². The maximum atomic E-state index is 11.3. The van der Waals surface area contributed by atoms with Crippen LogP contribution >= 0.6 is 0 Å². The first-order valence-corrected chi connectivity index (χ1v) is 10.2. The molecule has 1 unspecified atom stereocenters. The van der Waals surface area contributed by atoms with Crippen LogP contribution < -0.4 is 5.73 Å². The van der Waals surface area contributed by atoms with Gasteiger partial charge in [-0.25, -0.2) is 4.79 Å². The van der Waals surface area contributed by atoms with Crippen molar-refractivity contribution in [3.05, 3.63) is 73.0 Å². The second-order valence-electron chi connectivity index (χ2n) is 6.67. The Morgan fingerprint density at radius 2 is 1.71 bits per heavy atom. The number of rotatable bonds is 10. The summed E-state index contributed by atoms with van der Waals surface area (Å²) in [6.07, 6.45) is 15.0. The van der Waals surface area contributed by atoms with Crippen LogP contribution in [0.15, 0.2) is 73.0 Å². The normalized spacial score (nSPS) is 16.3. The van der Waals surface area contributed by atoms with Crippen LogP contribution in [-0.2, 0) is 9.47 Å². The minimum Gasteiger partial charge on any atom is -0.441 e. The van der Waals surface area contributed by atoms with Crippen molar-refractivity contribution in [3.63, 3.8) is 0 Å². The zero-order valence-electron chi connectivity index (χ0n) is 19.0. The highest BCUT2D eigenvalue weighted by Gasteiger charge is 2.21. The van der Waals surface area contributed by atoms with E-state index >= 15 is 0 Å². The highest BCUT2D eigenvalue weighted by atomic mass is 16.6. The van der Waals surface area contributed by atoms with E-state index in [1.807, 2.05) is 56.4 Å². The number of amides is 1. The molecular weight excluding hydrogens is 390 g/mol. The van der Waals surface area contributed by atoms with Crippen LogP contribution in [0, 0.1) is 0 Å². The molecule has 1 heterocycles. The summed E-state index contributed by atoms with van der Waals surface area (Å²) < 4.78 is 9.63. The fourth-order valence-electron chi connectivity index (χ4n) is 3.06. The molecule has 176 valence electrons. The van der Waals surface area contributed by atoms with Crippen molar-refractivity contribution in [2.75, 3.05) is 46.9 Å². The molecule has 2 N–H and O–H groups in total. The number of primary amides is 1. The van der Waals surface area contributed by atoms with E-state index in [2.05, 4.69) is 27.7 Å². The SMILES string of the molecule is C.C=C/C=C(\C=C)N1CCN(CCC(OC(N)=O)C(/C=C\C)=C/C=C\C)CC1.COC. The van der Waals surface area contributed by atoms with Crippen LogP contribution in [0.1, 0.15) is 27.7 Å². The molecule has 0 aromatic rings. The van der Waals surface area contributed by atoms with E-state index in [0.29, 0.717) is 6.42 Å². The second-order valence-corrected chi connectivity index (χ2v) is 6.67. The maximum Gasteiger partial charge on any atom is 0.405 e. The number of ether oxygens (including phenoxy) is 2. The summed E-state index contributed by atoms with van der Waals surface area (Å²) in [5.41, 5.74) is 7.33. The van der Waals surface area contributed by atoms with Crippen LogP contribution in [-0.4, -0.2) is 68.9 Å². The van der Waals surface area contributed by atoms with Gasteiger partial charge >= 0.3 is 6.09 Å². The Morgan fingerprint density at radius 3 is 2.16 bits per heavy atom. The highest BCUT2D eigenvalue weighted by Crippen LogP contribution is 2.16. The third-order valence-corrected chi connectivity index (χ3v) is 4.41. The number of hydrogen-bond donors (Lipinski definition) is 1. The number of nitrogens with two attached hydrogens (primary N) is 1. The average Bonchev–Trinajstić information content (AvgIpc) is 2.73. The Balaban J connectivity index is 0. The lowest BCUT2D eigenvalue weighted by atomic mass is 10.0. The van der Waals surface area contributed by atoms with Crippen LogP contribution in [0.2, 0.25) is 0 Å². The van der Waals surface area contributed by atoms with E-state index < -0.39 is 6.09 Å². The molecule has 1 atom stereocenters. The first-order valence-electron chi connectivity index (χ1n) is 10.2. The monoisotopic (exact) mass is 433 g/mol. The van der Waals surface area contributed by atoms with Gasteiger partial charge in [-0.2, -0.15) is 0 Å². The quantitative estimate of drug-likeness (QED) is 0.506. The first-order chi connectivity index (χ1) is 14.5. The predicted molar refractivity (Wildman–Crippen MR) is 133 cm³/mol. The lowest BCUT2D eigenvalue weighted by Crippen LogP contribution is -2.46. The van der Waals surface area contributed by atoms with Gasteiger partial charge in [-0.1, -0.05) is 57.0 Å². The molecule has 6 heteroatoms. The summed E-state index contributed by atoms with van der Waals surface area (Å²) in [5, 5.41) is 0. The Kier molecular flexibility index (Phi) is 19.2. The highest BCUT2D eigenvalue weighted by molar-refractivity contribution is 5.65. The van der Waals surface area contributed by atoms with Crippen molar-refractivity contribution in [3.8, 4) is 0 Å². The van der Waals surface area contributed by atoms with E-state index in [0.717, 1.165) is 44.0 Å². The molecule has 0 bridgehead atoms. The van der Waals surface area contributed by atoms with Crippen LogP contribution in [0.5, 0.6) is 0 Å². The molecule has 1 aliphatic heterocycles. The van der Waals surface area contributed by atoms with E-state index in [9.17, 15) is 4.79 Å². The van der Waals surface area contributed by atoms with Gasteiger partial charge in [0.15, 0.2) is 0 Å². The van der Waals surface area contributed by atoms with Crippen LogP contribution in [0.3, 0.4) is 0 Å². The first kappa shape index (κ1) is 30.6. The second kappa shape index (κ2) is 19.4. The van der Waals surface area contributed by atoms with Gasteiger partial charge in [-0.15, -0.1) is 0 Å². The number of allylic oxidation sites excluding steroid dienone is 7. The van der Waals surface area contributed by atoms with E-state index in [4.69, 9.17) is 10.5 Å². The Hall–Kier alpha value is -2.57. The van der Waals surface area contributed by atoms with Crippen molar-refractivity contribution < 1.29 is 14.3 Å². The fraction of sp³-hybridized carbons (Fsp3) is 0.480. The summed E-state index contributed by atoms with van der Waals surface area (Å²) in [6.45, 7) is 16.1. The summed E-state index contributed by atoms with van der Waals surface area (Å²) in [4.78, 5) is 16.0. The van der Waals surface area contributed by atoms with Gasteiger partial charge in [0.2, 0.25) is 0 Å². The van der Waals surface area contributed by atoms with Gasteiger partial charge in [0, 0.05) is 59.1 Å². The summed E-state index contributed by atoms with van der Waals surface area (Å²) in [6, 6.07) is 0. The van der Waals surface area contributed by atoms with Crippen molar-refractivity contribution >= 4 is 6.09 Å². The molecule has 0 saturated carbocycles. The number of methoxy groups -OCH3 is 1. The van der Waals surface area contributed by atoms with Gasteiger partial charge in [0.1, 0.15) is 6.10 Å². The molecule has 0 radical (unpaired) electrons. The topological polar surface area (TPSA) is 68.0 Å². The molecule has 1 fully saturated rings. The zero-order chi connectivity index (χ0) is 22.8. The van der Waals surface area contributed by atoms with Gasteiger partial charge in [0.25, 0.3) is 0 Å². The number of hydrogen-bond acceptors (Lipinski definition) is 5. The predicted octanol–water partition coefficient (Wildman–Crippen LogP) is 4.69. The molecular formula is C25H43N3O3. The molecule has 1 amide bonds. The summed E-state index contributed by atoms with van der Waals surface area (Å²) in [7, 11) is 3.25. The summed E-state index contributed by atoms with van der Waals surface area (Å²) in [5.74, 6) is 0. The largest absolute Gasteiger partial charge is 0.441 e. The molecule has 0 aromatic carbocycles. The third kappa shape index (κ3) is 13.4. The maximum absolute atomic E-state index is 11.3. The molecule has 0 aromatic heterocycles. The molecule has 0 spiro atoms. The molecule has 1 saturated heterocycles. The standard InChI is InChI=1S/C22H33N3O2.C2H6O.CH4/c1-5-9-12-19(10-6-2)21(27-22(23)26)13-14-24-15-17-25(18-16-24)20(8-4)11-7-3;1-3-2;/h5-12,21H,3-4,13-18H2,1-2H3,(H2,23,26);1-2H3;1H4/b9-5-,10-6-,19-12+,20-11+;;. The Labute approximate surface area is 190 Å². The third-order valence-electron chi connectivity index (χ3n) is 4.41. The summed E-state index contributed by atoms with van der Waals surface area (Å²) >= 11 is 0. The van der Waals surface area contributed by atoms with Crippen molar-refractivity contribution in [1.29, 1.82) is 0 Å². The molecule has 1 aliphatic rings. The van der Waals surface area contributed by atoms with Crippen molar-refractivity contribution in [1.82, 2.24) is 9.80 Å². The molecule has 1 rings (SSSR count). The van der Waals surface area contributed by atoms with Crippen LogP contribution in [0.4, 0.5) is 4.79 Å². The molecule has 0 aliphatic carbocycles. The number of piperazine rings is 1. The minimum absolute atomic E-state index is 0. The Morgan fingerprint density at radius 1 is 1.10 bits per heavy atom. The van der Waals surface area contributed by atoms with Gasteiger partial charge < -0.3 is 20.1 Å². The number of carbonyl (C=O) groups is 1. The van der Waals surface area contributed by atoms with Crippen molar-refractivity contribution in [2.45, 2.75) is 33.8 Å². The smallest absolute Gasteiger partial charge is 0.405 e. The molecule has 6 nitrogen and oxygen atoms in total. The fourth-order valence-corrected chi connectivity index (χ4v) is 3.06. The van der Waals surface area contributed by atoms with E-state index in [-0.39, 0.29) is 13.5 Å². The number of nitrogens with zero attached hydrogens (tertiary/aromatic N) is 2. The zero-order valence-corrected chi connectivity index (χ0v) is 19.0. The average molecular weight is 434 g/mol. The lowest BCUT2D eigenvalue weighted by Gasteiger charge is -2.37. The molecule has 31 heavy (non-hydrogen) atoms. The number of carbonyl (C=O) groups excluding carboxylic acids is 1. The van der Waals surface area contributed by atoms with Gasteiger partial charge in [-0.05, 0) is 31.6 Å². The van der Waals surface area contributed by atoms with E-state index in [1.54, 1.807) is 20.3 Å². The van der Waals surface area contributed by atoms with Crippen LogP contribution in [0.25, 0.3) is 0 Å².